The minimum absolute atomic E-state index is 0.0649. The van der Waals surface area contributed by atoms with E-state index in [2.05, 4.69) is 4.98 Å². The summed E-state index contributed by atoms with van der Waals surface area (Å²) in [6, 6.07) is 1.79. The highest BCUT2D eigenvalue weighted by atomic mass is 19.1. The summed E-state index contributed by atoms with van der Waals surface area (Å²) in [5.74, 6) is -0.252. The third kappa shape index (κ3) is 2.42. The maximum Gasteiger partial charge on any atom is 0.148 e. The average molecular weight is 206 g/mol. The number of hydrogen-bond donors (Lipinski definition) is 1. The van der Waals surface area contributed by atoms with E-state index in [1.165, 1.54) is 6.20 Å². The van der Waals surface area contributed by atoms with Crippen LogP contribution in [0.15, 0.2) is 24.5 Å². The number of nitrogens with zero attached hydrogens (tertiary/aromatic N) is 1. The van der Waals surface area contributed by atoms with E-state index in [9.17, 15) is 4.39 Å². The Labute approximate surface area is 89.0 Å². The zero-order valence-electron chi connectivity index (χ0n) is 8.62. The van der Waals surface area contributed by atoms with Gasteiger partial charge in [0.25, 0.3) is 0 Å². The van der Waals surface area contributed by atoms with Gasteiger partial charge in [0.15, 0.2) is 0 Å². The molecule has 1 aliphatic rings. The molecule has 0 radical (unpaired) electrons. The van der Waals surface area contributed by atoms with E-state index in [1.807, 2.05) is 6.08 Å². The van der Waals surface area contributed by atoms with E-state index < -0.39 is 0 Å². The highest BCUT2D eigenvalue weighted by Crippen LogP contribution is 2.26. The van der Waals surface area contributed by atoms with E-state index in [1.54, 1.807) is 12.3 Å². The molecule has 2 rings (SSSR count). The Morgan fingerprint density at radius 1 is 1.40 bits per heavy atom. The van der Waals surface area contributed by atoms with Gasteiger partial charge in [-0.3, -0.25) is 4.98 Å². The highest BCUT2D eigenvalue weighted by Gasteiger charge is 2.12. The van der Waals surface area contributed by atoms with E-state index in [0.29, 0.717) is 5.56 Å². The normalized spacial score (nSPS) is 22.0. The molecule has 1 aromatic heterocycles. The first-order chi connectivity index (χ1) is 7.27. The van der Waals surface area contributed by atoms with Crippen molar-refractivity contribution in [2.45, 2.75) is 31.7 Å². The van der Waals surface area contributed by atoms with Gasteiger partial charge in [-0.2, -0.15) is 0 Å². The van der Waals surface area contributed by atoms with Crippen LogP contribution in [0.5, 0.6) is 0 Å². The summed E-state index contributed by atoms with van der Waals surface area (Å²) >= 11 is 0. The molecule has 1 unspecified atom stereocenters. The predicted octanol–water partition coefficient (Wildman–Crippen LogP) is 2.51. The van der Waals surface area contributed by atoms with Crippen molar-refractivity contribution in [2.24, 2.45) is 5.73 Å². The van der Waals surface area contributed by atoms with Gasteiger partial charge in [0.2, 0.25) is 0 Å². The maximum atomic E-state index is 13.5. The quantitative estimate of drug-likeness (QED) is 0.766. The van der Waals surface area contributed by atoms with Crippen molar-refractivity contribution in [3.05, 3.63) is 35.9 Å². The van der Waals surface area contributed by atoms with Gasteiger partial charge in [-0.15, -0.1) is 0 Å². The second-order valence-corrected chi connectivity index (χ2v) is 3.96. The molecular weight excluding hydrogens is 191 g/mol. The minimum atomic E-state index is -0.252. The number of rotatable bonds is 1. The predicted molar refractivity (Wildman–Crippen MR) is 58.6 cm³/mol. The van der Waals surface area contributed by atoms with Gasteiger partial charge in [-0.1, -0.05) is 12.5 Å². The summed E-state index contributed by atoms with van der Waals surface area (Å²) < 4.78 is 13.5. The molecule has 1 heterocycles. The molecule has 0 spiro atoms. The first kappa shape index (κ1) is 10.3. The van der Waals surface area contributed by atoms with E-state index in [0.717, 1.165) is 31.3 Å². The lowest BCUT2D eigenvalue weighted by Crippen LogP contribution is -2.15. The molecule has 2 N–H and O–H groups in total. The molecule has 1 aliphatic carbocycles. The van der Waals surface area contributed by atoms with Crippen LogP contribution >= 0.6 is 0 Å². The summed E-state index contributed by atoms with van der Waals surface area (Å²) in [6.45, 7) is 0. The van der Waals surface area contributed by atoms with Gasteiger partial charge in [-0.25, -0.2) is 4.39 Å². The highest BCUT2D eigenvalue weighted by molar-refractivity contribution is 5.66. The second-order valence-electron chi connectivity index (χ2n) is 3.96. The maximum absolute atomic E-state index is 13.5. The Morgan fingerprint density at radius 3 is 3.07 bits per heavy atom. The average Bonchev–Trinajstić information content (AvgIpc) is 2.43. The molecule has 2 nitrogen and oxygen atoms in total. The summed E-state index contributed by atoms with van der Waals surface area (Å²) in [7, 11) is 0. The summed E-state index contributed by atoms with van der Waals surface area (Å²) in [4.78, 5) is 3.75. The molecule has 3 heteroatoms. The molecule has 0 bridgehead atoms. The Hall–Kier alpha value is -1.22. The minimum Gasteiger partial charge on any atom is -0.324 e. The Bertz CT molecular complexity index is 374. The lowest BCUT2D eigenvalue weighted by molar-refractivity contribution is 0.616. The van der Waals surface area contributed by atoms with Crippen molar-refractivity contribution >= 4 is 5.57 Å². The van der Waals surface area contributed by atoms with Crippen LogP contribution in [0.1, 0.15) is 31.2 Å². The monoisotopic (exact) mass is 206 g/mol. The summed E-state index contributed by atoms with van der Waals surface area (Å²) in [6.07, 6.45) is 8.98. The van der Waals surface area contributed by atoms with Crippen molar-refractivity contribution in [1.82, 2.24) is 4.98 Å². The number of pyridine rings is 1. The Morgan fingerprint density at radius 2 is 2.27 bits per heavy atom. The first-order valence-corrected chi connectivity index (χ1v) is 5.33. The summed E-state index contributed by atoms with van der Waals surface area (Å²) in [5, 5.41) is 0. The van der Waals surface area contributed by atoms with Gasteiger partial charge in [0, 0.05) is 17.8 Å². The van der Waals surface area contributed by atoms with Crippen molar-refractivity contribution in [3.8, 4) is 0 Å². The third-order valence-corrected chi connectivity index (χ3v) is 2.77. The third-order valence-electron chi connectivity index (χ3n) is 2.77. The van der Waals surface area contributed by atoms with E-state index >= 15 is 0 Å². The molecule has 15 heavy (non-hydrogen) atoms. The van der Waals surface area contributed by atoms with Crippen molar-refractivity contribution < 1.29 is 4.39 Å². The largest absolute Gasteiger partial charge is 0.324 e. The Balaban J connectivity index is 2.33. The van der Waals surface area contributed by atoms with Crippen molar-refractivity contribution in [1.29, 1.82) is 0 Å². The van der Waals surface area contributed by atoms with E-state index in [-0.39, 0.29) is 11.9 Å². The lowest BCUT2D eigenvalue weighted by Gasteiger charge is -2.07. The molecule has 0 saturated heterocycles. The van der Waals surface area contributed by atoms with Gasteiger partial charge in [0.1, 0.15) is 5.82 Å². The van der Waals surface area contributed by atoms with Crippen LogP contribution in [0.4, 0.5) is 4.39 Å². The van der Waals surface area contributed by atoms with Gasteiger partial charge < -0.3 is 5.73 Å². The molecule has 80 valence electrons. The molecule has 1 aromatic rings. The molecule has 0 fully saturated rings. The fraction of sp³-hybridized carbons (Fsp3) is 0.417. The number of hydrogen-bond acceptors (Lipinski definition) is 2. The molecule has 0 saturated carbocycles. The second kappa shape index (κ2) is 4.53. The van der Waals surface area contributed by atoms with Gasteiger partial charge >= 0.3 is 0 Å². The fourth-order valence-electron chi connectivity index (χ4n) is 1.98. The fourth-order valence-corrected chi connectivity index (χ4v) is 1.98. The molecular formula is C12H15FN2. The van der Waals surface area contributed by atoms with E-state index in [4.69, 9.17) is 5.73 Å². The molecule has 0 amide bonds. The van der Waals surface area contributed by atoms with Crippen LogP contribution in [0, 0.1) is 5.82 Å². The smallest absolute Gasteiger partial charge is 0.148 e. The first-order valence-electron chi connectivity index (χ1n) is 5.33. The van der Waals surface area contributed by atoms with Crippen LogP contribution in [0.25, 0.3) is 5.57 Å². The van der Waals surface area contributed by atoms with Crippen LogP contribution in [0.2, 0.25) is 0 Å². The van der Waals surface area contributed by atoms with Crippen LogP contribution in [-0.4, -0.2) is 11.0 Å². The lowest BCUT2D eigenvalue weighted by atomic mass is 10.0. The number of nitrogens with two attached hydrogens (primary N) is 1. The zero-order chi connectivity index (χ0) is 10.7. The van der Waals surface area contributed by atoms with Crippen LogP contribution in [0.3, 0.4) is 0 Å². The van der Waals surface area contributed by atoms with Crippen LogP contribution < -0.4 is 5.73 Å². The van der Waals surface area contributed by atoms with Crippen molar-refractivity contribution in [2.75, 3.05) is 0 Å². The Kier molecular flexibility index (Phi) is 3.11. The van der Waals surface area contributed by atoms with Crippen LogP contribution in [-0.2, 0) is 0 Å². The SMILES string of the molecule is NC1C=C(c2ccncc2F)CCCC1. The summed E-state index contributed by atoms with van der Waals surface area (Å²) in [5.41, 5.74) is 7.58. The molecule has 0 aromatic carbocycles. The standard InChI is InChI=1S/C12H15FN2/c13-12-8-15-6-5-11(12)9-3-1-2-4-10(14)7-9/h5-8,10H,1-4,14H2. The topological polar surface area (TPSA) is 38.9 Å². The molecule has 0 aliphatic heterocycles. The zero-order valence-corrected chi connectivity index (χ0v) is 8.62. The number of halogens is 1. The molecule has 1 atom stereocenters. The number of allylic oxidation sites excluding steroid dienone is 1. The number of aromatic nitrogens is 1. The van der Waals surface area contributed by atoms with Gasteiger partial charge in [0.05, 0.1) is 6.20 Å². The van der Waals surface area contributed by atoms with Crippen molar-refractivity contribution in [3.63, 3.8) is 0 Å². The van der Waals surface area contributed by atoms with Gasteiger partial charge in [-0.05, 0) is 30.9 Å².